The first-order valence-electron chi connectivity index (χ1n) is 5.64. The van der Waals surface area contributed by atoms with Crippen LogP contribution in [0.1, 0.15) is 5.56 Å². The van der Waals surface area contributed by atoms with Gasteiger partial charge >= 0.3 is 6.18 Å². The van der Waals surface area contributed by atoms with Crippen molar-refractivity contribution in [3.63, 3.8) is 0 Å². The molecule has 0 bridgehead atoms. The minimum Gasteiger partial charge on any atom is -0.256 e. The molecule has 0 saturated heterocycles. The summed E-state index contributed by atoms with van der Waals surface area (Å²) < 4.78 is 38.9. The molecule has 3 rings (SSSR count). The van der Waals surface area contributed by atoms with Gasteiger partial charge < -0.3 is 0 Å². The summed E-state index contributed by atoms with van der Waals surface area (Å²) in [5.41, 5.74) is 0.296. The average molecular weight is 276 g/mol. The molecule has 0 aliphatic heterocycles. The Hall–Kier alpha value is -2.57. The van der Waals surface area contributed by atoms with Gasteiger partial charge in [0, 0.05) is 18.0 Å². The predicted molar refractivity (Wildman–Crippen MR) is 65.6 cm³/mol. The Balaban J connectivity index is 2.21. The maximum Gasteiger partial charge on any atom is 0.418 e. The number of aromatic nitrogens is 4. The second kappa shape index (κ2) is 4.52. The molecule has 0 saturated carbocycles. The third kappa shape index (κ3) is 2.18. The average Bonchev–Trinajstić information content (AvgIpc) is 2.46. The number of alkyl halides is 3. The summed E-state index contributed by atoms with van der Waals surface area (Å²) in [6.45, 7) is 0. The van der Waals surface area contributed by atoms with Crippen LogP contribution in [0.5, 0.6) is 0 Å². The van der Waals surface area contributed by atoms with Crippen molar-refractivity contribution in [1.82, 2.24) is 19.9 Å². The Bertz CT molecular complexity index is 771. The van der Waals surface area contributed by atoms with E-state index < -0.39 is 11.7 Å². The Morgan fingerprint density at radius 3 is 2.60 bits per heavy atom. The second-order valence-corrected chi connectivity index (χ2v) is 4.05. The van der Waals surface area contributed by atoms with E-state index in [0.29, 0.717) is 11.0 Å². The Labute approximate surface area is 111 Å². The Morgan fingerprint density at radius 1 is 0.950 bits per heavy atom. The topological polar surface area (TPSA) is 51.6 Å². The predicted octanol–water partition coefficient (Wildman–Crippen LogP) is 3.11. The highest BCUT2D eigenvalue weighted by molar-refractivity contribution is 5.79. The van der Waals surface area contributed by atoms with Gasteiger partial charge in [-0.1, -0.05) is 0 Å². The number of nitrogens with zero attached hydrogens (tertiary/aromatic N) is 4. The van der Waals surface area contributed by atoms with Crippen molar-refractivity contribution in [1.29, 1.82) is 0 Å². The summed E-state index contributed by atoms with van der Waals surface area (Å²) in [6, 6.07) is 3.76. The lowest BCUT2D eigenvalue weighted by molar-refractivity contribution is -0.137. The van der Waals surface area contributed by atoms with Crippen molar-refractivity contribution >= 4 is 11.0 Å². The second-order valence-electron chi connectivity index (χ2n) is 4.05. The molecule has 0 spiro atoms. The molecular formula is C13H7F3N4. The van der Waals surface area contributed by atoms with Gasteiger partial charge in [-0.25, -0.2) is 9.97 Å². The number of halogens is 3. The van der Waals surface area contributed by atoms with Crippen molar-refractivity contribution in [2.45, 2.75) is 6.18 Å². The van der Waals surface area contributed by atoms with Crippen LogP contribution in [0.4, 0.5) is 13.2 Å². The minimum atomic E-state index is -4.47. The molecule has 20 heavy (non-hydrogen) atoms. The van der Waals surface area contributed by atoms with E-state index in [4.69, 9.17) is 0 Å². The van der Waals surface area contributed by atoms with Crippen molar-refractivity contribution in [2.24, 2.45) is 0 Å². The van der Waals surface area contributed by atoms with Gasteiger partial charge in [0.2, 0.25) is 0 Å². The zero-order valence-corrected chi connectivity index (χ0v) is 9.96. The first-order chi connectivity index (χ1) is 9.55. The lowest BCUT2D eigenvalue weighted by Gasteiger charge is -2.11. The third-order valence-corrected chi connectivity index (χ3v) is 2.74. The van der Waals surface area contributed by atoms with E-state index >= 15 is 0 Å². The summed E-state index contributed by atoms with van der Waals surface area (Å²) in [6.07, 6.45) is 0.994. The summed E-state index contributed by atoms with van der Waals surface area (Å²) in [5, 5.41) is 0. The Kier molecular flexibility index (Phi) is 2.81. The van der Waals surface area contributed by atoms with E-state index in [1.807, 2.05) is 0 Å². The molecule has 0 aliphatic rings. The molecular weight excluding hydrogens is 269 g/mol. The maximum atomic E-state index is 13.0. The maximum absolute atomic E-state index is 13.0. The van der Waals surface area contributed by atoms with E-state index in [1.165, 1.54) is 37.1 Å². The molecule has 3 aromatic rings. The molecule has 0 amide bonds. The Morgan fingerprint density at radius 2 is 1.80 bits per heavy atom. The van der Waals surface area contributed by atoms with Crippen LogP contribution >= 0.6 is 0 Å². The van der Waals surface area contributed by atoms with Crippen LogP contribution < -0.4 is 0 Å². The van der Waals surface area contributed by atoms with Crippen LogP contribution in [0.3, 0.4) is 0 Å². The lowest BCUT2D eigenvalue weighted by atomic mass is 10.1. The zero-order chi connectivity index (χ0) is 14.2. The van der Waals surface area contributed by atoms with Crippen molar-refractivity contribution in [2.75, 3.05) is 0 Å². The van der Waals surface area contributed by atoms with E-state index in [-0.39, 0.29) is 11.3 Å². The largest absolute Gasteiger partial charge is 0.418 e. The first-order valence-corrected chi connectivity index (χ1v) is 5.64. The third-order valence-electron chi connectivity index (χ3n) is 2.74. The standard InChI is InChI=1S/C13H7F3N4/c14-13(15,16)9-2-1-3-18-12(9)8-4-10-11(19-5-8)6-17-7-20-10/h1-7H. The quantitative estimate of drug-likeness (QED) is 0.685. The van der Waals surface area contributed by atoms with Crippen LogP contribution in [0.15, 0.2) is 43.1 Å². The molecule has 4 nitrogen and oxygen atoms in total. The number of rotatable bonds is 1. The van der Waals surface area contributed by atoms with Crippen LogP contribution in [-0.4, -0.2) is 19.9 Å². The van der Waals surface area contributed by atoms with Crippen molar-refractivity contribution in [3.8, 4) is 11.3 Å². The molecule has 0 aliphatic carbocycles. The van der Waals surface area contributed by atoms with Gasteiger partial charge in [-0.05, 0) is 18.2 Å². The van der Waals surface area contributed by atoms with Crippen molar-refractivity contribution in [3.05, 3.63) is 48.7 Å². The molecule has 0 atom stereocenters. The van der Waals surface area contributed by atoms with Gasteiger partial charge in [0.1, 0.15) is 11.8 Å². The lowest BCUT2D eigenvalue weighted by Crippen LogP contribution is -2.08. The van der Waals surface area contributed by atoms with Gasteiger partial charge in [0.15, 0.2) is 0 Å². The molecule has 0 radical (unpaired) electrons. The van der Waals surface area contributed by atoms with E-state index in [0.717, 1.165) is 6.07 Å². The number of fused-ring (bicyclic) bond motifs is 1. The molecule has 0 fully saturated rings. The van der Waals surface area contributed by atoms with Crippen molar-refractivity contribution < 1.29 is 13.2 Å². The van der Waals surface area contributed by atoms with Gasteiger partial charge in [0.05, 0.1) is 23.0 Å². The highest BCUT2D eigenvalue weighted by Gasteiger charge is 2.34. The number of hydrogen-bond acceptors (Lipinski definition) is 4. The van der Waals surface area contributed by atoms with E-state index in [2.05, 4.69) is 19.9 Å². The zero-order valence-electron chi connectivity index (χ0n) is 9.96. The van der Waals surface area contributed by atoms with Crippen LogP contribution in [0.2, 0.25) is 0 Å². The smallest absolute Gasteiger partial charge is 0.256 e. The SMILES string of the molecule is FC(F)(F)c1cccnc1-c1cnc2cncnc2c1. The highest BCUT2D eigenvalue weighted by atomic mass is 19.4. The van der Waals surface area contributed by atoms with Crippen LogP contribution in [0, 0.1) is 0 Å². The van der Waals surface area contributed by atoms with E-state index in [9.17, 15) is 13.2 Å². The normalized spacial score (nSPS) is 11.8. The summed E-state index contributed by atoms with van der Waals surface area (Å²) in [7, 11) is 0. The summed E-state index contributed by atoms with van der Waals surface area (Å²) in [4.78, 5) is 15.6. The molecule has 0 aromatic carbocycles. The fourth-order valence-electron chi connectivity index (χ4n) is 1.86. The fourth-order valence-corrected chi connectivity index (χ4v) is 1.86. The highest BCUT2D eigenvalue weighted by Crippen LogP contribution is 2.35. The monoisotopic (exact) mass is 276 g/mol. The van der Waals surface area contributed by atoms with Crippen LogP contribution in [-0.2, 0) is 6.18 Å². The summed E-state index contributed by atoms with van der Waals surface area (Å²) >= 11 is 0. The first kappa shape index (κ1) is 12.5. The van der Waals surface area contributed by atoms with Gasteiger partial charge in [-0.15, -0.1) is 0 Å². The molecule has 7 heteroatoms. The molecule has 0 unspecified atom stereocenters. The minimum absolute atomic E-state index is 0.159. The van der Waals surface area contributed by atoms with Gasteiger partial charge in [-0.3, -0.25) is 9.97 Å². The van der Waals surface area contributed by atoms with E-state index in [1.54, 1.807) is 0 Å². The number of pyridine rings is 2. The molecule has 0 N–H and O–H groups in total. The van der Waals surface area contributed by atoms with Gasteiger partial charge in [-0.2, -0.15) is 13.2 Å². The number of hydrogen-bond donors (Lipinski definition) is 0. The molecule has 3 aromatic heterocycles. The van der Waals surface area contributed by atoms with Gasteiger partial charge in [0.25, 0.3) is 0 Å². The molecule has 3 heterocycles. The molecule has 100 valence electrons. The fraction of sp³-hybridized carbons (Fsp3) is 0.0769. The summed E-state index contributed by atoms with van der Waals surface area (Å²) in [5.74, 6) is 0. The van der Waals surface area contributed by atoms with Crippen LogP contribution in [0.25, 0.3) is 22.3 Å².